The molecule has 38 heteroatoms. The molecule has 356 valence electrons. The van der Waals surface area contributed by atoms with Gasteiger partial charge in [-0.15, -0.1) is 5.10 Å². The molecule has 0 bridgehead atoms. The molecule has 0 saturated carbocycles. The average Bonchev–Trinajstić information content (AvgIpc) is 3.98. The normalized spacial score (nSPS) is 27.5. The largest absolute Gasteiger partial charge is 0.488 e. The van der Waals surface area contributed by atoms with Gasteiger partial charge < -0.3 is 70.8 Å². The molecule has 15 N–H and O–H groups in total. The predicted octanol–water partition coefficient (Wildman–Crippen LogP) is -4.67. The molecule has 8 unspecified atom stereocenters. The number of fused-ring (bicyclic) bond motifs is 1. The van der Waals surface area contributed by atoms with E-state index in [1.807, 2.05) is 0 Å². The van der Waals surface area contributed by atoms with Crippen LogP contribution in [0.15, 0.2) is 22.1 Å². The number of anilines is 4. The Morgan fingerprint density at radius 1 is 0.891 bits per heavy atom. The molecule has 0 aliphatic carbocycles. The number of hydrogen-bond donors (Lipinski definition) is 13. The lowest BCUT2D eigenvalue weighted by molar-refractivity contribution is -0.0503. The fraction of sp³-hybridized carbons (Fsp3) is 0.577. The van der Waals surface area contributed by atoms with Crippen molar-refractivity contribution in [2.75, 3.05) is 62.6 Å². The van der Waals surface area contributed by atoms with Gasteiger partial charge in [0.05, 0.1) is 32.3 Å². The number of hydrogen-bond acceptors (Lipinski definition) is 26. The first-order chi connectivity index (χ1) is 29.9. The third-order valence-electron chi connectivity index (χ3n) is 9.22. The molecule has 0 amide bonds. The zero-order valence-corrected chi connectivity index (χ0v) is 36.6. The predicted molar refractivity (Wildman–Crippen MR) is 212 cm³/mol. The van der Waals surface area contributed by atoms with Crippen LogP contribution in [0.25, 0.3) is 11.2 Å². The number of nitrogens with two attached hydrogens (primary N) is 2. The zero-order chi connectivity index (χ0) is 47.1. The van der Waals surface area contributed by atoms with Crippen molar-refractivity contribution in [3.8, 4) is 0 Å². The lowest BCUT2D eigenvalue weighted by Gasteiger charge is -2.28. The van der Waals surface area contributed by atoms with E-state index in [0.29, 0.717) is 0 Å². The van der Waals surface area contributed by atoms with Crippen molar-refractivity contribution in [3.05, 3.63) is 33.2 Å². The Labute approximate surface area is 356 Å². The van der Waals surface area contributed by atoms with E-state index in [0.717, 1.165) is 28.9 Å². The lowest BCUT2D eigenvalue weighted by Crippen LogP contribution is -2.43. The summed E-state index contributed by atoms with van der Waals surface area (Å²) in [6, 6.07) is 0. The number of aromatic nitrogens is 9. The first-order valence-corrected chi connectivity index (χ1v) is 24.1. The second-order valence-corrected chi connectivity index (χ2v) is 20.4. The summed E-state index contributed by atoms with van der Waals surface area (Å²) in [5.41, 5.74) is 8.52. The van der Waals surface area contributed by atoms with Crippen LogP contribution in [0.4, 0.5) is 23.4 Å². The minimum Gasteiger partial charge on any atom is -0.387 e. The number of phosphoric ester groups is 1. The number of aromatic amines is 2. The SMILES string of the molecule is CNc1c(N(C)[C@@H]2O[C@H](COP(=O)(NCCn3cc(P(=O)(O)OP(=O)(O)OP(=O)(O)OC[C@H]4O[C@@H](n5cnc6c(=O)[nH]c(N)nc65)C(O)C4O)nn3)OC)C(O)C2O)nc(N)[nH]c1=O. The van der Waals surface area contributed by atoms with E-state index in [1.165, 1.54) is 19.0 Å². The van der Waals surface area contributed by atoms with Gasteiger partial charge in [-0.05, 0) is 0 Å². The maximum absolute atomic E-state index is 13.3. The van der Waals surface area contributed by atoms with E-state index in [-0.39, 0.29) is 47.7 Å². The molecule has 0 radical (unpaired) electrons. The molecular weight excluding hydrogens is 952 g/mol. The maximum atomic E-state index is 13.3. The standard InChI is InChI=1S/C26H42N14O20P4/c1-29-13-19(32-25(27)34-21(13)45)38(2)23-17(43)15(41)10(57-23)7-55-62(49,54-3)31-4-5-39-6-12(36-37-39)61(47,48)59-64(52,53)60-63(50,51)56-8-11-16(42)18(44)24(58-11)40-9-30-14-20(40)33-26(28)35-22(14)46/h6,9-11,15-18,23-24,29,41-44H,4-5,7-8H2,1-3H3,(H,31,49)(H,47,48)(H,50,51)(H,52,53)(H3,27,32,34,45)(H3,28,33,35,46)/t10-,11-,15?,16?,17?,18?,23-,24-,62?/m1/s1. The second-order valence-electron chi connectivity index (χ2n) is 13.5. The number of aliphatic hydroxyl groups excluding tert-OH is 4. The summed E-state index contributed by atoms with van der Waals surface area (Å²) in [5, 5.41) is 54.5. The van der Waals surface area contributed by atoms with E-state index >= 15 is 0 Å². The molecule has 4 aromatic rings. The first-order valence-electron chi connectivity index (χ1n) is 18.0. The first kappa shape index (κ1) is 49.3. The number of aliphatic hydroxyl groups is 4. The van der Waals surface area contributed by atoms with E-state index < -0.39 is 110 Å². The molecule has 0 aromatic carbocycles. The summed E-state index contributed by atoms with van der Waals surface area (Å²) in [5.74, 6) is -0.574. The topological polar surface area (TPSA) is 494 Å². The van der Waals surface area contributed by atoms with E-state index in [4.69, 9.17) is 30.0 Å². The van der Waals surface area contributed by atoms with Crippen LogP contribution < -0.4 is 43.3 Å². The van der Waals surface area contributed by atoms with Gasteiger partial charge in [-0.1, -0.05) is 5.21 Å². The van der Waals surface area contributed by atoms with Crippen molar-refractivity contribution in [1.82, 2.24) is 49.6 Å². The molecular formula is C26H42N14O20P4. The van der Waals surface area contributed by atoms with E-state index in [1.54, 1.807) is 0 Å². The number of nitrogens with zero attached hydrogens (tertiary/aromatic N) is 8. The van der Waals surface area contributed by atoms with Gasteiger partial charge in [0, 0.05) is 27.7 Å². The molecule has 64 heavy (non-hydrogen) atoms. The van der Waals surface area contributed by atoms with Gasteiger partial charge in [0.2, 0.25) is 11.9 Å². The number of phosphoric acid groups is 2. The number of nitrogen functional groups attached to an aromatic ring is 2. The Hall–Kier alpha value is -4.11. The fourth-order valence-corrected chi connectivity index (χ4v) is 11.1. The third kappa shape index (κ3) is 10.8. The summed E-state index contributed by atoms with van der Waals surface area (Å²) in [6.45, 7) is -2.31. The van der Waals surface area contributed by atoms with Crippen molar-refractivity contribution < 1.29 is 85.0 Å². The fourth-order valence-electron chi connectivity index (χ4n) is 6.17. The van der Waals surface area contributed by atoms with Gasteiger partial charge in [-0.3, -0.25) is 42.4 Å². The highest BCUT2D eigenvalue weighted by Crippen LogP contribution is 2.67. The molecule has 6 rings (SSSR count). The maximum Gasteiger partial charge on any atom is 0.488 e. The number of likely N-dealkylation sites (N-methyl/N-ethyl adjacent to an activating group) is 1. The molecule has 2 aliphatic heterocycles. The van der Waals surface area contributed by atoms with E-state index in [9.17, 15) is 63.0 Å². The van der Waals surface area contributed by atoms with Crippen LogP contribution in [-0.2, 0) is 56.5 Å². The van der Waals surface area contributed by atoms with Crippen molar-refractivity contribution in [2.24, 2.45) is 0 Å². The van der Waals surface area contributed by atoms with Crippen molar-refractivity contribution in [1.29, 1.82) is 0 Å². The van der Waals surface area contributed by atoms with E-state index in [2.05, 4.69) is 58.8 Å². The molecule has 6 heterocycles. The summed E-state index contributed by atoms with van der Waals surface area (Å²) in [7, 11) is -17.5. The molecule has 2 saturated heterocycles. The van der Waals surface area contributed by atoms with Crippen LogP contribution >= 0.6 is 31.0 Å². The Bertz CT molecular complexity index is 2650. The smallest absolute Gasteiger partial charge is 0.387 e. The van der Waals surface area contributed by atoms with Crippen LogP contribution in [-0.4, -0.2) is 163 Å². The van der Waals surface area contributed by atoms with Crippen molar-refractivity contribution in [2.45, 2.75) is 55.6 Å². The van der Waals surface area contributed by atoms with Crippen LogP contribution in [0.3, 0.4) is 0 Å². The number of nitrogens with one attached hydrogen (secondary N) is 4. The highest BCUT2D eigenvalue weighted by atomic mass is 31.3. The second kappa shape index (κ2) is 19.0. The quantitative estimate of drug-likeness (QED) is 0.0370. The van der Waals surface area contributed by atoms with Gasteiger partial charge in [0.25, 0.3) is 11.1 Å². The average molecular weight is 995 g/mol. The van der Waals surface area contributed by atoms with Crippen molar-refractivity contribution in [3.63, 3.8) is 0 Å². The minimum atomic E-state index is -5.97. The van der Waals surface area contributed by atoms with Crippen LogP contribution in [0.2, 0.25) is 0 Å². The Morgan fingerprint density at radius 2 is 1.53 bits per heavy atom. The molecule has 2 aliphatic rings. The number of rotatable bonds is 20. The van der Waals surface area contributed by atoms with Gasteiger partial charge >= 0.3 is 31.0 Å². The molecule has 34 nitrogen and oxygen atoms in total. The summed E-state index contributed by atoms with van der Waals surface area (Å²) < 4.78 is 87.8. The summed E-state index contributed by atoms with van der Waals surface area (Å²) in [4.78, 5) is 72.6. The van der Waals surface area contributed by atoms with Gasteiger partial charge in [0.1, 0.15) is 42.3 Å². The third-order valence-corrected chi connectivity index (χ3v) is 15.4. The van der Waals surface area contributed by atoms with Gasteiger partial charge in [-0.2, -0.15) is 14.3 Å². The van der Waals surface area contributed by atoms with Crippen molar-refractivity contribution >= 4 is 71.0 Å². The number of H-pyrrole nitrogens is 2. The van der Waals surface area contributed by atoms with Crippen LogP contribution in [0.5, 0.6) is 0 Å². The Morgan fingerprint density at radius 3 is 2.22 bits per heavy atom. The van der Waals surface area contributed by atoms with Crippen LogP contribution in [0, 0.1) is 0 Å². The highest BCUT2D eigenvalue weighted by molar-refractivity contribution is 7.71. The number of ether oxygens (including phenoxy) is 2. The molecule has 4 aromatic heterocycles. The highest BCUT2D eigenvalue weighted by Gasteiger charge is 2.49. The molecule has 0 spiro atoms. The Kier molecular flexibility index (Phi) is 14.7. The lowest BCUT2D eigenvalue weighted by atomic mass is 10.1. The monoisotopic (exact) mass is 994 g/mol. The van der Waals surface area contributed by atoms with Gasteiger partial charge in [-0.25, -0.2) is 28.1 Å². The number of imidazole rings is 1. The van der Waals surface area contributed by atoms with Gasteiger partial charge in [0.15, 0.2) is 34.9 Å². The van der Waals surface area contributed by atoms with Crippen LogP contribution in [0.1, 0.15) is 6.23 Å². The molecule has 12 atom stereocenters. The molecule has 2 fully saturated rings. The summed E-state index contributed by atoms with van der Waals surface area (Å²) >= 11 is 0. The zero-order valence-electron chi connectivity index (χ0n) is 33.1. The summed E-state index contributed by atoms with van der Waals surface area (Å²) in [6.07, 6.45) is -10.7. The minimum absolute atomic E-state index is 0.0212. The Balaban J connectivity index is 0.983.